The lowest BCUT2D eigenvalue weighted by Gasteiger charge is -2.18. The van der Waals surface area contributed by atoms with Gasteiger partial charge in [0, 0.05) is 25.5 Å². The molecular weight excluding hydrogens is 216 g/mol. The number of hydrogen-bond acceptors (Lipinski definition) is 3. The second-order valence-electron chi connectivity index (χ2n) is 4.21. The quantitative estimate of drug-likeness (QED) is 0.755. The minimum Gasteiger partial charge on any atom is -0.355 e. The molecule has 5 heteroatoms. The first kappa shape index (κ1) is 13.2. The third kappa shape index (κ3) is 3.59. The summed E-state index contributed by atoms with van der Waals surface area (Å²) in [5.41, 5.74) is -0.908. The Morgan fingerprint density at radius 1 is 1.65 bits per heavy atom. The first-order chi connectivity index (χ1) is 8.12. The van der Waals surface area contributed by atoms with Crippen LogP contribution in [0.1, 0.15) is 26.7 Å². The summed E-state index contributed by atoms with van der Waals surface area (Å²) in [7, 11) is 0. The van der Waals surface area contributed by atoms with E-state index in [9.17, 15) is 4.79 Å². The van der Waals surface area contributed by atoms with Gasteiger partial charge in [-0.15, -0.1) is 0 Å². The van der Waals surface area contributed by atoms with Gasteiger partial charge >= 0.3 is 0 Å². The highest BCUT2D eigenvalue weighted by Gasteiger charge is 2.30. The number of nitriles is 1. The van der Waals surface area contributed by atoms with Gasteiger partial charge in [-0.2, -0.15) is 5.26 Å². The Bertz CT molecular complexity index is 393. The summed E-state index contributed by atoms with van der Waals surface area (Å²) < 4.78 is 1.95. The number of aryl methyl sites for hydroxylation is 1. The number of carbonyl (C=O) groups excluding carboxylic acids is 1. The van der Waals surface area contributed by atoms with Crippen molar-refractivity contribution in [3.63, 3.8) is 0 Å². The Kier molecular flexibility index (Phi) is 4.70. The van der Waals surface area contributed by atoms with Gasteiger partial charge in [-0.1, -0.05) is 6.92 Å². The number of aromatic nitrogens is 2. The molecule has 1 aromatic heterocycles. The van der Waals surface area contributed by atoms with Crippen LogP contribution in [0, 0.1) is 16.7 Å². The Balaban J connectivity index is 2.27. The van der Waals surface area contributed by atoms with Crippen LogP contribution in [0.15, 0.2) is 18.7 Å². The standard InChI is InChI=1S/C12H18N4O/c1-3-12(2,9-13)11(17)15-5-4-7-16-8-6-14-10-16/h6,8,10H,3-5,7H2,1-2H3,(H,15,17). The van der Waals surface area contributed by atoms with Crippen LogP contribution in [0.25, 0.3) is 0 Å². The Morgan fingerprint density at radius 2 is 2.41 bits per heavy atom. The zero-order chi connectivity index (χ0) is 12.7. The molecular formula is C12H18N4O. The van der Waals surface area contributed by atoms with E-state index >= 15 is 0 Å². The Labute approximate surface area is 101 Å². The Hall–Kier alpha value is -1.83. The van der Waals surface area contributed by atoms with E-state index in [4.69, 9.17) is 5.26 Å². The zero-order valence-electron chi connectivity index (χ0n) is 10.3. The van der Waals surface area contributed by atoms with E-state index in [2.05, 4.69) is 16.4 Å². The SMILES string of the molecule is CCC(C)(C#N)C(=O)NCCCn1ccnc1. The number of rotatable bonds is 6. The molecule has 1 amide bonds. The van der Waals surface area contributed by atoms with Crippen LogP contribution in [0.2, 0.25) is 0 Å². The van der Waals surface area contributed by atoms with Crippen LogP contribution < -0.4 is 5.32 Å². The smallest absolute Gasteiger partial charge is 0.240 e. The number of imidazole rings is 1. The van der Waals surface area contributed by atoms with E-state index in [0.29, 0.717) is 13.0 Å². The van der Waals surface area contributed by atoms with Gasteiger partial charge in [-0.25, -0.2) is 4.98 Å². The van der Waals surface area contributed by atoms with Crippen molar-refractivity contribution in [2.45, 2.75) is 33.2 Å². The van der Waals surface area contributed by atoms with Gasteiger partial charge in [0.15, 0.2) is 0 Å². The van der Waals surface area contributed by atoms with Gasteiger partial charge in [0.2, 0.25) is 5.91 Å². The molecule has 0 aliphatic rings. The average molecular weight is 234 g/mol. The molecule has 0 aromatic carbocycles. The number of carbonyl (C=O) groups is 1. The molecule has 1 heterocycles. The lowest BCUT2D eigenvalue weighted by molar-refractivity contribution is -0.127. The third-order valence-electron chi connectivity index (χ3n) is 2.89. The molecule has 1 rings (SSSR count). The third-order valence-corrected chi connectivity index (χ3v) is 2.89. The van der Waals surface area contributed by atoms with E-state index in [-0.39, 0.29) is 5.91 Å². The monoisotopic (exact) mass is 234 g/mol. The highest BCUT2D eigenvalue weighted by molar-refractivity contribution is 5.84. The van der Waals surface area contributed by atoms with Crippen LogP contribution in [0.3, 0.4) is 0 Å². The van der Waals surface area contributed by atoms with Crippen molar-refractivity contribution >= 4 is 5.91 Å². The zero-order valence-corrected chi connectivity index (χ0v) is 10.3. The fourth-order valence-electron chi connectivity index (χ4n) is 1.37. The highest BCUT2D eigenvalue weighted by Crippen LogP contribution is 2.19. The van der Waals surface area contributed by atoms with E-state index < -0.39 is 5.41 Å². The predicted octanol–water partition coefficient (Wildman–Crippen LogP) is 1.33. The van der Waals surface area contributed by atoms with Crippen LogP contribution in [-0.2, 0) is 11.3 Å². The summed E-state index contributed by atoms with van der Waals surface area (Å²) in [6.45, 7) is 4.90. The maximum atomic E-state index is 11.7. The first-order valence-electron chi connectivity index (χ1n) is 5.77. The minimum absolute atomic E-state index is 0.187. The largest absolute Gasteiger partial charge is 0.355 e. The maximum Gasteiger partial charge on any atom is 0.240 e. The molecule has 0 saturated carbocycles. The molecule has 5 nitrogen and oxygen atoms in total. The molecule has 1 unspecified atom stereocenters. The minimum atomic E-state index is -0.908. The van der Waals surface area contributed by atoms with Crippen molar-refractivity contribution < 1.29 is 4.79 Å². The molecule has 0 aliphatic carbocycles. The Morgan fingerprint density at radius 3 is 2.94 bits per heavy atom. The van der Waals surface area contributed by atoms with E-state index in [1.165, 1.54) is 0 Å². The van der Waals surface area contributed by atoms with Gasteiger partial charge in [0.1, 0.15) is 5.41 Å². The fraction of sp³-hybridized carbons (Fsp3) is 0.583. The van der Waals surface area contributed by atoms with Gasteiger partial charge in [-0.05, 0) is 19.8 Å². The van der Waals surface area contributed by atoms with Crippen LogP contribution in [-0.4, -0.2) is 22.0 Å². The second kappa shape index (κ2) is 6.04. The summed E-state index contributed by atoms with van der Waals surface area (Å²) in [5.74, 6) is -0.187. The molecule has 92 valence electrons. The molecule has 1 aromatic rings. The van der Waals surface area contributed by atoms with Crippen molar-refractivity contribution in [2.75, 3.05) is 6.54 Å². The van der Waals surface area contributed by atoms with Gasteiger partial charge in [-0.3, -0.25) is 4.79 Å². The van der Waals surface area contributed by atoms with E-state index in [0.717, 1.165) is 13.0 Å². The van der Waals surface area contributed by atoms with Crippen molar-refractivity contribution in [3.05, 3.63) is 18.7 Å². The van der Waals surface area contributed by atoms with Crippen LogP contribution in [0.4, 0.5) is 0 Å². The van der Waals surface area contributed by atoms with Crippen molar-refractivity contribution in [1.29, 1.82) is 5.26 Å². The van der Waals surface area contributed by atoms with Crippen molar-refractivity contribution in [1.82, 2.24) is 14.9 Å². The molecule has 0 saturated heterocycles. The molecule has 0 aliphatic heterocycles. The lowest BCUT2D eigenvalue weighted by atomic mass is 9.88. The topological polar surface area (TPSA) is 70.7 Å². The van der Waals surface area contributed by atoms with Gasteiger partial charge in [0.25, 0.3) is 0 Å². The maximum absolute atomic E-state index is 11.7. The normalized spacial score (nSPS) is 13.7. The first-order valence-corrected chi connectivity index (χ1v) is 5.77. The number of nitrogens with one attached hydrogen (secondary N) is 1. The predicted molar refractivity (Wildman–Crippen MR) is 63.9 cm³/mol. The highest BCUT2D eigenvalue weighted by atomic mass is 16.2. The van der Waals surface area contributed by atoms with Crippen molar-refractivity contribution in [3.8, 4) is 6.07 Å². The fourth-order valence-corrected chi connectivity index (χ4v) is 1.37. The molecule has 0 bridgehead atoms. The summed E-state index contributed by atoms with van der Waals surface area (Å²) in [6.07, 6.45) is 6.70. The molecule has 0 spiro atoms. The average Bonchev–Trinajstić information content (AvgIpc) is 2.86. The van der Waals surface area contributed by atoms with Crippen LogP contribution in [0.5, 0.6) is 0 Å². The number of amides is 1. The summed E-state index contributed by atoms with van der Waals surface area (Å²) in [4.78, 5) is 15.7. The number of hydrogen-bond donors (Lipinski definition) is 1. The molecule has 17 heavy (non-hydrogen) atoms. The summed E-state index contributed by atoms with van der Waals surface area (Å²) in [5, 5.41) is 11.7. The lowest BCUT2D eigenvalue weighted by Crippen LogP contribution is -2.38. The number of nitrogens with zero attached hydrogens (tertiary/aromatic N) is 3. The van der Waals surface area contributed by atoms with E-state index in [1.807, 2.05) is 17.7 Å². The molecule has 0 fully saturated rings. The summed E-state index contributed by atoms with van der Waals surface area (Å²) in [6, 6.07) is 2.06. The van der Waals surface area contributed by atoms with Gasteiger partial charge < -0.3 is 9.88 Å². The second-order valence-corrected chi connectivity index (χ2v) is 4.21. The van der Waals surface area contributed by atoms with Crippen LogP contribution >= 0.6 is 0 Å². The van der Waals surface area contributed by atoms with Crippen molar-refractivity contribution in [2.24, 2.45) is 5.41 Å². The van der Waals surface area contributed by atoms with E-state index in [1.54, 1.807) is 19.4 Å². The van der Waals surface area contributed by atoms with Gasteiger partial charge in [0.05, 0.1) is 12.4 Å². The molecule has 1 N–H and O–H groups in total. The molecule has 1 atom stereocenters. The molecule has 0 radical (unpaired) electrons. The summed E-state index contributed by atoms with van der Waals surface area (Å²) >= 11 is 0.